The number of allylic oxidation sites excluding steroid dienone is 1. The minimum Gasteiger partial charge on any atom is -0.504 e. The van der Waals surface area contributed by atoms with Crippen molar-refractivity contribution in [3.05, 3.63) is 71.8 Å². The number of phenolic OH excluding ortho intramolecular Hbond substituents is 1. The first-order valence-corrected chi connectivity index (χ1v) is 9.02. The van der Waals surface area contributed by atoms with E-state index in [2.05, 4.69) is 11.9 Å². The fraction of sp³-hybridized carbons (Fsp3) is 0.136. The number of carbonyl (C=O) groups excluding carboxylic acids is 3. The monoisotopic (exact) mass is 392 g/mol. The summed E-state index contributed by atoms with van der Waals surface area (Å²) in [5.41, 5.74) is 1.16. The highest BCUT2D eigenvalue weighted by Crippen LogP contribution is 2.33. The smallest absolute Gasteiger partial charge is 0.335 e. The van der Waals surface area contributed by atoms with Crippen LogP contribution in [0.5, 0.6) is 11.5 Å². The summed E-state index contributed by atoms with van der Waals surface area (Å²) in [6.07, 6.45) is 3.36. The van der Waals surface area contributed by atoms with Crippen molar-refractivity contribution in [1.29, 1.82) is 0 Å². The summed E-state index contributed by atoms with van der Waals surface area (Å²) in [5.74, 6) is -1.31. The third kappa shape index (κ3) is 4.03. The molecule has 1 saturated heterocycles. The van der Waals surface area contributed by atoms with Crippen LogP contribution in [0.4, 0.5) is 10.5 Å². The normalized spacial score (nSPS) is 15.4. The van der Waals surface area contributed by atoms with Gasteiger partial charge in [0.15, 0.2) is 11.5 Å². The molecule has 0 aromatic heterocycles. The van der Waals surface area contributed by atoms with Gasteiger partial charge < -0.3 is 9.84 Å². The van der Waals surface area contributed by atoms with E-state index < -0.39 is 17.8 Å². The molecule has 7 heteroatoms. The van der Waals surface area contributed by atoms with Gasteiger partial charge in [0.2, 0.25) is 0 Å². The molecule has 148 valence electrons. The average Bonchev–Trinajstić information content (AvgIpc) is 2.69. The molecule has 0 aliphatic carbocycles. The third-order valence-electron chi connectivity index (χ3n) is 4.27. The number of para-hydroxylation sites is 1. The van der Waals surface area contributed by atoms with Crippen LogP contribution in [0.25, 0.3) is 6.08 Å². The lowest BCUT2D eigenvalue weighted by Gasteiger charge is -2.26. The van der Waals surface area contributed by atoms with Gasteiger partial charge in [0, 0.05) is 5.56 Å². The minimum absolute atomic E-state index is 0.0191. The number of carbonyl (C=O) groups is 3. The van der Waals surface area contributed by atoms with Crippen molar-refractivity contribution in [2.24, 2.45) is 0 Å². The summed E-state index contributed by atoms with van der Waals surface area (Å²) in [5, 5.41) is 12.5. The van der Waals surface area contributed by atoms with Crippen LogP contribution in [0.3, 0.4) is 0 Å². The number of benzene rings is 2. The molecule has 0 atom stereocenters. The molecule has 0 bridgehead atoms. The zero-order valence-electron chi connectivity index (χ0n) is 15.8. The molecule has 2 aromatic carbocycles. The van der Waals surface area contributed by atoms with Crippen LogP contribution in [0, 0.1) is 0 Å². The number of urea groups is 1. The van der Waals surface area contributed by atoms with Crippen LogP contribution in [0.1, 0.15) is 18.1 Å². The number of barbiturate groups is 1. The standard InChI is InChI=1S/C22H20N2O5/c1-3-8-15-11-14(13-18(19(15)25)29-4-2)12-17-20(26)23-22(28)24(21(17)27)16-9-6-5-7-10-16/h3,5-7,9-13,25H,1,4,8H2,2H3,(H,23,26,28)/b17-12+. The highest BCUT2D eigenvalue weighted by Gasteiger charge is 2.36. The van der Waals surface area contributed by atoms with E-state index in [1.54, 1.807) is 49.4 Å². The number of anilines is 1. The van der Waals surface area contributed by atoms with Crippen LogP contribution >= 0.6 is 0 Å². The summed E-state index contributed by atoms with van der Waals surface area (Å²) in [4.78, 5) is 38.4. The Morgan fingerprint density at radius 1 is 1.17 bits per heavy atom. The number of nitrogens with zero attached hydrogens (tertiary/aromatic N) is 1. The molecule has 0 radical (unpaired) electrons. The lowest BCUT2D eigenvalue weighted by atomic mass is 10.0. The van der Waals surface area contributed by atoms with Crippen molar-refractivity contribution in [2.45, 2.75) is 13.3 Å². The van der Waals surface area contributed by atoms with E-state index >= 15 is 0 Å². The zero-order valence-corrected chi connectivity index (χ0v) is 15.8. The fourth-order valence-electron chi connectivity index (χ4n) is 2.98. The van der Waals surface area contributed by atoms with Gasteiger partial charge >= 0.3 is 6.03 Å². The van der Waals surface area contributed by atoms with Gasteiger partial charge in [0.05, 0.1) is 12.3 Å². The Morgan fingerprint density at radius 2 is 1.90 bits per heavy atom. The van der Waals surface area contributed by atoms with Crippen molar-refractivity contribution in [1.82, 2.24) is 5.32 Å². The van der Waals surface area contributed by atoms with Crippen LogP contribution < -0.4 is 15.0 Å². The van der Waals surface area contributed by atoms with Crippen molar-refractivity contribution in [3.63, 3.8) is 0 Å². The molecule has 4 amide bonds. The Morgan fingerprint density at radius 3 is 2.55 bits per heavy atom. The molecule has 2 N–H and O–H groups in total. The first-order chi connectivity index (χ1) is 14.0. The molecule has 3 rings (SSSR count). The molecule has 29 heavy (non-hydrogen) atoms. The van der Waals surface area contributed by atoms with E-state index in [9.17, 15) is 19.5 Å². The average molecular weight is 392 g/mol. The molecule has 1 heterocycles. The van der Waals surface area contributed by atoms with E-state index in [4.69, 9.17) is 4.74 Å². The zero-order chi connectivity index (χ0) is 21.0. The number of hydrogen-bond donors (Lipinski definition) is 2. The molecule has 1 aliphatic rings. The number of amides is 4. The number of nitrogens with one attached hydrogen (secondary N) is 1. The van der Waals surface area contributed by atoms with Gasteiger partial charge in [-0.3, -0.25) is 14.9 Å². The molecule has 0 saturated carbocycles. The van der Waals surface area contributed by atoms with E-state index in [0.29, 0.717) is 29.8 Å². The molecule has 1 aliphatic heterocycles. The Balaban J connectivity index is 2.06. The summed E-state index contributed by atoms with van der Waals surface area (Å²) in [6, 6.07) is 10.7. The maximum Gasteiger partial charge on any atom is 0.335 e. The number of phenols is 1. The highest BCUT2D eigenvalue weighted by atomic mass is 16.5. The lowest BCUT2D eigenvalue weighted by molar-refractivity contribution is -0.122. The highest BCUT2D eigenvalue weighted by molar-refractivity contribution is 6.39. The predicted molar refractivity (Wildman–Crippen MR) is 109 cm³/mol. The second kappa shape index (κ2) is 8.43. The molecular weight excluding hydrogens is 372 g/mol. The van der Waals surface area contributed by atoms with Gasteiger partial charge in [-0.15, -0.1) is 6.58 Å². The van der Waals surface area contributed by atoms with E-state index in [0.717, 1.165) is 4.90 Å². The molecule has 0 spiro atoms. The Bertz CT molecular complexity index is 1010. The first kappa shape index (κ1) is 19.9. The minimum atomic E-state index is -0.809. The van der Waals surface area contributed by atoms with Gasteiger partial charge in [-0.05, 0) is 49.2 Å². The Labute approximate surface area is 167 Å². The van der Waals surface area contributed by atoms with E-state index in [-0.39, 0.29) is 17.1 Å². The van der Waals surface area contributed by atoms with Crippen LogP contribution in [0.15, 0.2) is 60.7 Å². The predicted octanol–water partition coefficient (Wildman–Crippen LogP) is 3.19. The third-order valence-corrected chi connectivity index (χ3v) is 4.27. The summed E-state index contributed by atoms with van der Waals surface area (Å²) >= 11 is 0. The Kier molecular flexibility index (Phi) is 5.78. The van der Waals surface area contributed by atoms with Crippen molar-refractivity contribution in [3.8, 4) is 11.5 Å². The van der Waals surface area contributed by atoms with Crippen LogP contribution in [-0.4, -0.2) is 29.6 Å². The topological polar surface area (TPSA) is 95.9 Å². The number of hydrogen-bond acceptors (Lipinski definition) is 5. The van der Waals surface area contributed by atoms with Crippen molar-refractivity contribution >= 4 is 29.6 Å². The summed E-state index contributed by atoms with van der Waals surface area (Å²) < 4.78 is 5.45. The van der Waals surface area contributed by atoms with Crippen LogP contribution in [0.2, 0.25) is 0 Å². The fourth-order valence-corrected chi connectivity index (χ4v) is 2.98. The maximum absolute atomic E-state index is 12.9. The molecule has 7 nitrogen and oxygen atoms in total. The number of aromatic hydroxyl groups is 1. The summed E-state index contributed by atoms with van der Waals surface area (Å²) in [6.45, 7) is 5.77. The SMILES string of the molecule is C=CCc1cc(/C=C2\C(=O)NC(=O)N(c3ccccc3)C2=O)cc(OCC)c1O. The van der Waals surface area contributed by atoms with Crippen LogP contribution in [-0.2, 0) is 16.0 Å². The quantitative estimate of drug-likeness (QED) is 0.447. The number of ether oxygens (including phenoxy) is 1. The summed E-state index contributed by atoms with van der Waals surface area (Å²) in [7, 11) is 0. The van der Waals surface area contributed by atoms with E-state index in [1.807, 2.05) is 0 Å². The largest absolute Gasteiger partial charge is 0.504 e. The van der Waals surface area contributed by atoms with Gasteiger partial charge in [0.1, 0.15) is 5.57 Å². The van der Waals surface area contributed by atoms with Gasteiger partial charge in [0.25, 0.3) is 11.8 Å². The number of rotatable bonds is 6. The first-order valence-electron chi connectivity index (χ1n) is 9.02. The number of imide groups is 2. The maximum atomic E-state index is 12.9. The van der Waals surface area contributed by atoms with Gasteiger partial charge in [-0.2, -0.15) is 0 Å². The van der Waals surface area contributed by atoms with Gasteiger partial charge in [-0.1, -0.05) is 24.3 Å². The Hall–Kier alpha value is -3.87. The second-order valence-electron chi connectivity index (χ2n) is 6.25. The molecule has 1 fully saturated rings. The molecule has 2 aromatic rings. The van der Waals surface area contributed by atoms with Crippen molar-refractivity contribution < 1.29 is 24.2 Å². The molecular formula is C22H20N2O5. The van der Waals surface area contributed by atoms with Gasteiger partial charge in [-0.25, -0.2) is 9.69 Å². The van der Waals surface area contributed by atoms with E-state index in [1.165, 1.54) is 12.1 Å². The van der Waals surface area contributed by atoms with Crippen molar-refractivity contribution in [2.75, 3.05) is 11.5 Å². The lowest BCUT2D eigenvalue weighted by Crippen LogP contribution is -2.54. The second-order valence-corrected chi connectivity index (χ2v) is 6.25. The molecule has 0 unspecified atom stereocenters.